The molecule has 6 rings (SSSR count). The summed E-state index contributed by atoms with van der Waals surface area (Å²) in [5.74, 6) is 3.78. The Labute approximate surface area is 250 Å². The van der Waals surface area contributed by atoms with Crippen LogP contribution >= 0.6 is 0 Å². The maximum atomic E-state index is 6.44. The van der Waals surface area contributed by atoms with Crippen LogP contribution in [0.1, 0.15) is 62.4 Å². The van der Waals surface area contributed by atoms with E-state index < -0.39 is 0 Å². The number of fused-ring (bicyclic) bond motifs is 3. The molecule has 0 bridgehead atoms. The Kier molecular flexibility index (Phi) is 9.69. The number of nitrogens with two attached hydrogens (primary N) is 1. The molecule has 0 amide bonds. The summed E-state index contributed by atoms with van der Waals surface area (Å²) in [5, 5.41) is 0. The third kappa shape index (κ3) is 6.41. The zero-order valence-corrected chi connectivity index (χ0v) is 25.5. The van der Waals surface area contributed by atoms with Crippen molar-refractivity contribution in [3.63, 3.8) is 0 Å². The van der Waals surface area contributed by atoms with Crippen molar-refractivity contribution in [2.24, 2.45) is 10.7 Å². The van der Waals surface area contributed by atoms with E-state index in [0.717, 1.165) is 81.2 Å². The molecule has 2 aromatic heterocycles. The second-order valence-corrected chi connectivity index (χ2v) is 10.9. The fourth-order valence-electron chi connectivity index (χ4n) is 6.00. The summed E-state index contributed by atoms with van der Waals surface area (Å²) in [6, 6.07) is 20.8. The van der Waals surface area contributed by atoms with E-state index >= 15 is 0 Å². The van der Waals surface area contributed by atoms with Crippen molar-refractivity contribution >= 4 is 17.7 Å². The van der Waals surface area contributed by atoms with E-state index in [1.807, 2.05) is 57.3 Å². The molecule has 1 aromatic carbocycles. The van der Waals surface area contributed by atoms with Crippen molar-refractivity contribution < 1.29 is 0 Å². The summed E-state index contributed by atoms with van der Waals surface area (Å²) in [6.45, 7) is 13.1. The number of hydrogen-bond donors (Lipinski definition) is 1. The van der Waals surface area contributed by atoms with Gasteiger partial charge >= 0.3 is 0 Å². The Morgan fingerprint density at radius 1 is 0.952 bits per heavy atom. The number of imidazole rings is 1. The number of anilines is 2. The smallest absolute Gasteiger partial charge is 0.207 e. The quantitative estimate of drug-likeness (QED) is 0.445. The second-order valence-electron chi connectivity index (χ2n) is 10.9. The molecule has 9 heteroatoms. The largest absolute Gasteiger partial charge is 0.341 e. The van der Waals surface area contributed by atoms with Crippen molar-refractivity contribution in [1.29, 1.82) is 0 Å². The molecule has 0 saturated carbocycles. The van der Waals surface area contributed by atoms with Crippen LogP contribution < -0.4 is 15.5 Å². The van der Waals surface area contributed by atoms with Crippen LogP contribution in [-0.2, 0) is 19.5 Å². The lowest BCUT2D eigenvalue weighted by Crippen LogP contribution is -2.48. The molecular weight excluding hydrogens is 522 g/mol. The van der Waals surface area contributed by atoms with Gasteiger partial charge in [-0.15, -0.1) is 0 Å². The topological polar surface area (TPSA) is 91.7 Å². The first-order chi connectivity index (χ1) is 20.6. The molecule has 3 aromatic rings. The Hall–Kier alpha value is -3.98. The average Bonchev–Trinajstić information content (AvgIpc) is 3.65. The monoisotopic (exact) mass is 567 g/mol. The average molecular weight is 568 g/mol. The molecule has 1 unspecified atom stereocenters. The van der Waals surface area contributed by atoms with Gasteiger partial charge in [-0.3, -0.25) is 9.89 Å². The molecular formula is C33H45N9. The molecule has 9 nitrogen and oxygen atoms in total. The molecule has 2 atom stereocenters. The number of guanidine groups is 1. The van der Waals surface area contributed by atoms with Crippen LogP contribution in [0.5, 0.6) is 0 Å². The molecule has 1 saturated heterocycles. The molecule has 42 heavy (non-hydrogen) atoms. The highest BCUT2D eigenvalue weighted by atomic mass is 15.5. The highest BCUT2D eigenvalue weighted by molar-refractivity contribution is 5.99. The predicted molar refractivity (Wildman–Crippen MR) is 171 cm³/mol. The Balaban J connectivity index is 0.00000173. The lowest BCUT2D eigenvalue weighted by atomic mass is 10.1. The number of aliphatic imine (C=N–C) groups is 1. The van der Waals surface area contributed by atoms with Crippen LogP contribution in [0.25, 0.3) is 0 Å². The fourth-order valence-corrected chi connectivity index (χ4v) is 6.00. The van der Waals surface area contributed by atoms with E-state index in [9.17, 15) is 0 Å². The third-order valence-corrected chi connectivity index (χ3v) is 7.97. The summed E-state index contributed by atoms with van der Waals surface area (Å²) in [7, 11) is 0. The Bertz CT molecular complexity index is 1420. The molecule has 3 aliphatic rings. The molecule has 3 aliphatic heterocycles. The van der Waals surface area contributed by atoms with E-state index in [1.54, 1.807) is 0 Å². The van der Waals surface area contributed by atoms with Gasteiger partial charge in [-0.1, -0.05) is 62.4 Å². The number of rotatable bonds is 6. The maximum absolute atomic E-state index is 6.44. The van der Waals surface area contributed by atoms with Gasteiger partial charge in [0.15, 0.2) is 5.82 Å². The van der Waals surface area contributed by atoms with Crippen molar-refractivity contribution in [2.45, 2.75) is 72.1 Å². The normalized spacial score (nSPS) is 19.3. The van der Waals surface area contributed by atoms with Crippen LogP contribution in [0.2, 0.25) is 0 Å². The summed E-state index contributed by atoms with van der Waals surface area (Å²) in [6.07, 6.45) is 4.90. The van der Waals surface area contributed by atoms with E-state index in [0.29, 0.717) is 6.54 Å². The zero-order valence-electron chi connectivity index (χ0n) is 25.5. The lowest BCUT2D eigenvalue weighted by Gasteiger charge is -2.40. The summed E-state index contributed by atoms with van der Waals surface area (Å²) in [5.41, 5.74) is 9.91. The fraction of sp³-hybridized carbons (Fsp3) is 0.455. The van der Waals surface area contributed by atoms with Gasteiger partial charge in [-0.2, -0.15) is 4.98 Å². The second kappa shape index (κ2) is 13.8. The Morgan fingerprint density at radius 3 is 2.52 bits per heavy atom. The van der Waals surface area contributed by atoms with Crippen molar-refractivity contribution in [3.8, 4) is 0 Å². The van der Waals surface area contributed by atoms with Gasteiger partial charge < -0.3 is 20.1 Å². The van der Waals surface area contributed by atoms with Gasteiger partial charge in [0.1, 0.15) is 5.82 Å². The SMILES string of the molecule is CC.Cc1ccccccnc(CN2C3=NCCN3c3nc(N4CCC[C@@H](N)C4)n(CCc4ccccc4)c3C2C)n1. The predicted octanol–water partition coefficient (Wildman–Crippen LogP) is 5.06. The van der Waals surface area contributed by atoms with Crippen molar-refractivity contribution in [2.75, 3.05) is 36.0 Å². The Morgan fingerprint density at radius 2 is 1.71 bits per heavy atom. The summed E-state index contributed by atoms with van der Waals surface area (Å²) in [4.78, 5) is 26.9. The minimum atomic E-state index is 0.0478. The van der Waals surface area contributed by atoms with Gasteiger partial charge in [-0.05, 0) is 50.8 Å². The van der Waals surface area contributed by atoms with Crippen LogP contribution in [0.3, 0.4) is 0 Å². The number of hydrogen-bond acceptors (Lipinski definition) is 8. The first kappa shape index (κ1) is 29.5. The number of aromatic nitrogens is 4. The first-order valence-corrected chi connectivity index (χ1v) is 15.4. The van der Waals surface area contributed by atoms with Crippen LogP contribution in [-0.4, -0.2) is 62.6 Å². The third-order valence-electron chi connectivity index (χ3n) is 7.97. The van der Waals surface area contributed by atoms with Crippen LogP contribution in [0.4, 0.5) is 11.8 Å². The molecule has 0 aliphatic carbocycles. The van der Waals surface area contributed by atoms with E-state index in [4.69, 9.17) is 25.7 Å². The van der Waals surface area contributed by atoms with E-state index in [-0.39, 0.29) is 12.1 Å². The molecule has 2 N–H and O–H groups in total. The molecule has 0 radical (unpaired) electrons. The van der Waals surface area contributed by atoms with Gasteiger partial charge in [0.05, 0.1) is 24.8 Å². The minimum Gasteiger partial charge on any atom is -0.341 e. The standard InChI is InChI=1S/C31H39N9.C2H6/c1-23-11-6-3-4-9-16-33-27(35-23)22-40-24(2)28-29(39-20-17-34-30(39)40)36-31(37-18-10-14-26(32)21-37)38(28)19-15-25-12-7-5-8-13-25;1-2/h3-9,11-13,16,24,26H,10,14-15,17-22,32H2,1-2H3;1-2H3/t24?,26-;/m1./s1. The molecule has 5 heterocycles. The first-order valence-electron chi connectivity index (χ1n) is 15.4. The van der Waals surface area contributed by atoms with E-state index in [2.05, 4.69) is 56.5 Å². The van der Waals surface area contributed by atoms with Gasteiger partial charge in [0.2, 0.25) is 11.9 Å². The van der Waals surface area contributed by atoms with Crippen molar-refractivity contribution in [3.05, 3.63) is 89.6 Å². The molecule has 222 valence electrons. The number of nitrogens with zero attached hydrogens (tertiary/aromatic N) is 8. The summed E-state index contributed by atoms with van der Waals surface area (Å²) >= 11 is 0. The maximum Gasteiger partial charge on any atom is 0.207 e. The van der Waals surface area contributed by atoms with Gasteiger partial charge in [0.25, 0.3) is 0 Å². The van der Waals surface area contributed by atoms with Gasteiger partial charge in [0, 0.05) is 44.1 Å². The molecule has 0 spiro atoms. The zero-order chi connectivity index (χ0) is 29.5. The van der Waals surface area contributed by atoms with Gasteiger partial charge in [-0.25, -0.2) is 9.97 Å². The minimum absolute atomic E-state index is 0.0478. The van der Waals surface area contributed by atoms with Crippen LogP contribution in [0.15, 0.2) is 71.9 Å². The number of benzene rings is 1. The highest BCUT2D eigenvalue weighted by Gasteiger charge is 2.41. The number of aryl methyl sites for hydroxylation is 2. The lowest BCUT2D eigenvalue weighted by molar-refractivity contribution is 0.297. The molecule has 1 fully saturated rings. The highest BCUT2D eigenvalue weighted by Crippen LogP contribution is 2.41. The summed E-state index contributed by atoms with van der Waals surface area (Å²) < 4.78 is 2.45. The van der Waals surface area contributed by atoms with Crippen LogP contribution in [0, 0.1) is 6.92 Å². The number of piperidine rings is 1. The van der Waals surface area contributed by atoms with E-state index in [1.165, 1.54) is 11.3 Å². The van der Waals surface area contributed by atoms with Crippen molar-refractivity contribution in [1.82, 2.24) is 24.4 Å².